The van der Waals surface area contributed by atoms with E-state index in [1.54, 1.807) is 0 Å². The number of nitrogens with zero attached hydrogens (tertiary/aromatic N) is 4. The van der Waals surface area contributed by atoms with Gasteiger partial charge in [-0.15, -0.1) is 0 Å². The summed E-state index contributed by atoms with van der Waals surface area (Å²) in [6.07, 6.45) is 3.24. The maximum absolute atomic E-state index is 5.54. The predicted molar refractivity (Wildman–Crippen MR) is 80.4 cm³/mol. The van der Waals surface area contributed by atoms with Crippen LogP contribution >= 0.6 is 0 Å². The van der Waals surface area contributed by atoms with E-state index < -0.39 is 0 Å². The van der Waals surface area contributed by atoms with Gasteiger partial charge in [0, 0.05) is 20.1 Å². The smallest absolute Gasteiger partial charge is 0.323 e. The summed E-state index contributed by atoms with van der Waals surface area (Å²) in [5.41, 5.74) is 0.414. The van der Waals surface area contributed by atoms with E-state index in [9.17, 15) is 0 Å². The van der Waals surface area contributed by atoms with Crippen molar-refractivity contribution in [2.45, 2.75) is 40.0 Å². The minimum atomic E-state index is 0.408. The van der Waals surface area contributed by atoms with Gasteiger partial charge in [0.05, 0.1) is 6.61 Å². The second kappa shape index (κ2) is 6.24. The van der Waals surface area contributed by atoms with E-state index in [0.29, 0.717) is 29.9 Å². The highest BCUT2D eigenvalue weighted by molar-refractivity contribution is 5.38. The molecule has 1 fully saturated rings. The maximum Gasteiger partial charge on any atom is 0.323 e. The largest absolute Gasteiger partial charge is 0.463 e. The molecule has 1 saturated heterocycles. The van der Waals surface area contributed by atoms with Crippen LogP contribution in [0.5, 0.6) is 6.01 Å². The van der Waals surface area contributed by atoms with Gasteiger partial charge >= 0.3 is 6.01 Å². The molecule has 0 aliphatic carbocycles. The van der Waals surface area contributed by atoms with Gasteiger partial charge < -0.3 is 15.0 Å². The summed E-state index contributed by atoms with van der Waals surface area (Å²) < 4.78 is 5.54. The number of nitrogens with one attached hydrogen (secondary N) is 1. The number of piperidine rings is 1. The van der Waals surface area contributed by atoms with Gasteiger partial charge in [0.25, 0.3) is 0 Å². The summed E-state index contributed by atoms with van der Waals surface area (Å²) in [6, 6.07) is 0.408. The first-order valence-electron chi connectivity index (χ1n) is 7.35. The Kier molecular flexibility index (Phi) is 4.62. The molecular formula is C14H25N5O. The lowest BCUT2D eigenvalue weighted by molar-refractivity contribution is 0.275. The number of aromatic nitrogens is 3. The molecule has 6 heteroatoms. The van der Waals surface area contributed by atoms with Crippen LogP contribution in [0.3, 0.4) is 0 Å². The molecule has 20 heavy (non-hydrogen) atoms. The van der Waals surface area contributed by atoms with E-state index in [0.717, 1.165) is 32.4 Å². The number of ether oxygens (including phenoxy) is 1. The second-order valence-corrected chi connectivity index (χ2v) is 5.99. The van der Waals surface area contributed by atoms with E-state index in [1.807, 2.05) is 7.05 Å². The zero-order chi connectivity index (χ0) is 14.6. The van der Waals surface area contributed by atoms with Crippen LogP contribution in [0, 0.1) is 5.41 Å². The number of rotatable bonds is 5. The molecular weight excluding hydrogens is 254 g/mol. The van der Waals surface area contributed by atoms with Gasteiger partial charge in [-0.3, -0.25) is 0 Å². The Morgan fingerprint density at radius 1 is 1.20 bits per heavy atom. The van der Waals surface area contributed by atoms with Crippen molar-refractivity contribution in [2.24, 2.45) is 5.41 Å². The van der Waals surface area contributed by atoms with E-state index in [2.05, 4.69) is 45.9 Å². The van der Waals surface area contributed by atoms with Crippen molar-refractivity contribution < 1.29 is 4.74 Å². The molecule has 1 aromatic rings. The van der Waals surface area contributed by atoms with Crippen molar-refractivity contribution in [3.05, 3.63) is 0 Å². The van der Waals surface area contributed by atoms with Gasteiger partial charge in [0.15, 0.2) is 0 Å². The molecule has 0 aromatic carbocycles. The van der Waals surface area contributed by atoms with Gasteiger partial charge in [0.1, 0.15) is 0 Å². The number of hydrogen-bond acceptors (Lipinski definition) is 6. The maximum atomic E-state index is 5.54. The Morgan fingerprint density at radius 2 is 1.90 bits per heavy atom. The summed E-state index contributed by atoms with van der Waals surface area (Å²) >= 11 is 0. The minimum absolute atomic E-state index is 0.408. The average molecular weight is 279 g/mol. The fraction of sp³-hybridized carbons (Fsp3) is 0.786. The molecule has 1 aliphatic heterocycles. The van der Waals surface area contributed by atoms with Crippen molar-refractivity contribution in [1.82, 2.24) is 15.0 Å². The SMILES string of the molecule is CCCOc1nc(NC)nc(N2CCC(C)(C)CC2)n1. The molecule has 0 unspecified atom stereocenters. The molecule has 2 heterocycles. The average Bonchev–Trinajstić information content (AvgIpc) is 2.44. The molecule has 0 radical (unpaired) electrons. The number of hydrogen-bond donors (Lipinski definition) is 1. The van der Waals surface area contributed by atoms with Crippen LogP contribution < -0.4 is 15.0 Å². The highest BCUT2D eigenvalue weighted by atomic mass is 16.5. The van der Waals surface area contributed by atoms with Crippen molar-refractivity contribution in [2.75, 3.05) is 37.0 Å². The van der Waals surface area contributed by atoms with Crippen LogP contribution in [0.15, 0.2) is 0 Å². The van der Waals surface area contributed by atoms with Crippen LogP contribution in [0.25, 0.3) is 0 Å². The lowest BCUT2D eigenvalue weighted by Crippen LogP contribution is -2.38. The molecule has 6 nitrogen and oxygen atoms in total. The predicted octanol–water partition coefficient (Wildman–Crippen LogP) is 2.33. The first-order valence-corrected chi connectivity index (χ1v) is 7.35. The van der Waals surface area contributed by atoms with Crippen LogP contribution in [0.2, 0.25) is 0 Å². The van der Waals surface area contributed by atoms with Gasteiger partial charge in [-0.05, 0) is 24.7 Å². The summed E-state index contributed by atoms with van der Waals surface area (Å²) in [4.78, 5) is 15.3. The zero-order valence-electron chi connectivity index (χ0n) is 12.9. The van der Waals surface area contributed by atoms with Crippen molar-refractivity contribution in [3.63, 3.8) is 0 Å². The standard InChI is InChI=1S/C14H25N5O/c1-5-10-20-13-17-11(15-4)16-12(18-13)19-8-6-14(2,3)7-9-19/h5-10H2,1-4H3,(H,15,16,17,18). The van der Waals surface area contributed by atoms with Crippen molar-refractivity contribution in [3.8, 4) is 6.01 Å². The minimum Gasteiger partial charge on any atom is -0.463 e. The molecule has 1 N–H and O–H groups in total. The molecule has 0 saturated carbocycles. The van der Waals surface area contributed by atoms with Crippen LogP contribution in [-0.4, -0.2) is 41.7 Å². The summed E-state index contributed by atoms with van der Waals surface area (Å²) in [5.74, 6) is 1.27. The fourth-order valence-corrected chi connectivity index (χ4v) is 2.17. The van der Waals surface area contributed by atoms with Gasteiger partial charge in [-0.1, -0.05) is 20.8 Å². The summed E-state index contributed by atoms with van der Waals surface area (Å²) in [6.45, 7) is 9.27. The Hall–Kier alpha value is -1.59. The molecule has 0 spiro atoms. The van der Waals surface area contributed by atoms with E-state index in [4.69, 9.17) is 4.74 Å². The molecule has 0 bridgehead atoms. The topological polar surface area (TPSA) is 63.2 Å². The van der Waals surface area contributed by atoms with E-state index in [1.165, 1.54) is 0 Å². The highest BCUT2D eigenvalue weighted by Gasteiger charge is 2.27. The summed E-state index contributed by atoms with van der Waals surface area (Å²) in [5, 5.41) is 2.97. The third-order valence-electron chi connectivity index (χ3n) is 3.66. The fourth-order valence-electron chi connectivity index (χ4n) is 2.17. The second-order valence-electron chi connectivity index (χ2n) is 5.99. The zero-order valence-corrected chi connectivity index (χ0v) is 12.9. The highest BCUT2D eigenvalue weighted by Crippen LogP contribution is 2.31. The lowest BCUT2D eigenvalue weighted by atomic mass is 9.83. The molecule has 112 valence electrons. The molecule has 1 aromatic heterocycles. The first-order chi connectivity index (χ1) is 9.54. The van der Waals surface area contributed by atoms with E-state index in [-0.39, 0.29) is 0 Å². The van der Waals surface area contributed by atoms with Crippen molar-refractivity contribution in [1.29, 1.82) is 0 Å². The van der Waals surface area contributed by atoms with Crippen LogP contribution in [0.1, 0.15) is 40.0 Å². The van der Waals surface area contributed by atoms with Gasteiger partial charge in [-0.25, -0.2) is 0 Å². The number of anilines is 2. The van der Waals surface area contributed by atoms with Crippen LogP contribution in [-0.2, 0) is 0 Å². The Bertz CT molecular complexity index is 439. The van der Waals surface area contributed by atoms with Crippen LogP contribution in [0.4, 0.5) is 11.9 Å². The Labute approximate surface area is 121 Å². The molecule has 2 rings (SSSR count). The van der Waals surface area contributed by atoms with Gasteiger partial charge in [0.2, 0.25) is 11.9 Å². The lowest BCUT2D eigenvalue weighted by Gasteiger charge is -2.36. The monoisotopic (exact) mass is 279 g/mol. The Balaban J connectivity index is 2.14. The van der Waals surface area contributed by atoms with Crippen molar-refractivity contribution >= 4 is 11.9 Å². The molecule has 0 amide bonds. The molecule has 1 aliphatic rings. The van der Waals surface area contributed by atoms with E-state index >= 15 is 0 Å². The normalized spacial score (nSPS) is 17.9. The first kappa shape index (κ1) is 14.8. The third-order valence-corrected chi connectivity index (χ3v) is 3.66. The van der Waals surface area contributed by atoms with Gasteiger partial charge in [-0.2, -0.15) is 15.0 Å². The third kappa shape index (κ3) is 3.71. The summed E-state index contributed by atoms with van der Waals surface area (Å²) in [7, 11) is 1.81. The Morgan fingerprint density at radius 3 is 2.50 bits per heavy atom. The quantitative estimate of drug-likeness (QED) is 0.892. The molecule has 0 atom stereocenters.